The third-order valence-corrected chi connectivity index (χ3v) is 3.45. The van der Waals surface area contributed by atoms with Gasteiger partial charge in [0.2, 0.25) is 0 Å². The van der Waals surface area contributed by atoms with Gasteiger partial charge >= 0.3 is 0 Å². The number of hydrogen-bond acceptors (Lipinski definition) is 4. The van der Waals surface area contributed by atoms with Crippen molar-refractivity contribution in [3.05, 3.63) is 18.2 Å². The molecule has 7 heteroatoms. The molecule has 23 heavy (non-hydrogen) atoms. The largest absolute Gasteiger partial charge is 0.497 e. The molecule has 0 aliphatic heterocycles. The van der Waals surface area contributed by atoms with Gasteiger partial charge in [-0.05, 0) is 37.3 Å². The van der Waals surface area contributed by atoms with Crippen LogP contribution in [-0.2, 0) is 4.74 Å². The van der Waals surface area contributed by atoms with Crippen molar-refractivity contribution in [2.75, 3.05) is 39.3 Å². The summed E-state index contributed by atoms with van der Waals surface area (Å²) in [7, 11) is 3.22. The summed E-state index contributed by atoms with van der Waals surface area (Å²) in [5.74, 6) is 2.57. The molecule has 3 N–H and O–H groups in total. The van der Waals surface area contributed by atoms with Gasteiger partial charge in [0.15, 0.2) is 5.96 Å². The Morgan fingerprint density at radius 2 is 2.09 bits per heavy atom. The van der Waals surface area contributed by atoms with E-state index in [-0.39, 0.29) is 24.0 Å². The highest BCUT2D eigenvalue weighted by Gasteiger charge is 2.20. The van der Waals surface area contributed by atoms with Crippen molar-refractivity contribution >= 4 is 35.6 Å². The standard InChI is InChI=1S/C16H25N3O3.HI/c1-20-13-6-7-15(21-2)14(10-13)19-16(17)18-8-3-9-22-11-12-4-5-12;/h6-7,10,12H,3-5,8-9,11H2,1-2H3,(H3,17,18,19);1H. The number of halogens is 1. The van der Waals surface area contributed by atoms with Gasteiger partial charge in [0.05, 0.1) is 19.9 Å². The van der Waals surface area contributed by atoms with Gasteiger partial charge in [-0.15, -0.1) is 24.0 Å². The Morgan fingerprint density at radius 3 is 2.74 bits per heavy atom. The van der Waals surface area contributed by atoms with Gasteiger partial charge in [-0.3, -0.25) is 4.99 Å². The highest BCUT2D eigenvalue weighted by molar-refractivity contribution is 14.0. The number of ether oxygens (including phenoxy) is 3. The van der Waals surface area contributed by atoms with E-state index in [1.54, 1.807) is 14.2 Å². The highest BCUT2D eigenvalue weighted by atomic mass is 127. The van der Waals surface area contributed by atoms with E-state index in [4.69, 9.17) is 19.9 Å². The second-order valence-electron chi connectivity index (χ2n) is 5.33. The zero-order valence-electron chi connectivity index (χ0n) is 13.7. The number of aliphatic imine (C=N–C) groups is 1. The Kier molecular flexibility index (Phi) is 9.08. The number of nitrogens with two attached hydrogens (primary N) is 1. The molecule has 0 spiro atoms. The van der Waals surface area contributed by atoms with E-state index in [0.29, 0.717) is 18.3 Å². The van der Waals surface area contributed by atoms with Crippen LogP contribution >= 0.6 is 24.0 Å². The first-order valence-corrected chi connectivity index (χ1v) is 7.59. The van der Waals surface area contributed by atoms with Crippen LogP contribution in [0.1, 0.15) is 19.3 Å². The Balaban J connectivity index is 0.00000264. The minimum atomic E-state index is 0. The predicted molar refractivity (Wildman–Crippen MR) is 103 cm³/mol. The fourth-order valence-electron chi connectivity index (χ4n) is 1.99. The highest BCUT2D eigenvalue weighted by Crippen LogP contribution is 2.29. The maximum absolute atomic E-state index is 5.90. The van der Waals surface area contributed by atoms with Crippen LogP contribution in [-0.4, -0.2) is 39.9 Å². The molecule has 1 aliphatic carbocycles. The van der Waals surface area contributed by atoms with Crippen LogP contribution in [0.3, 0.4) is 0 Å². The molecule has 1 aromatic rings. The molecule has 0 atom stereocenters. The Morgan fingerprint density at radius 1 is 1.30 bits per heavy atom. The molecule has 0 amide bonds. The monoisotopic (exact) mass is 435 g/mol. The summed E-state index contributed by atoms with van der Waals surface area (Å²) in [5.41, 5.74) is 6.63. The number of methoxy groups -OCH3 is 2. The average molecular weight is 435 g/mol. The molecule has 0 radical (unpaired) electrons. The van der Waals surface area contributed by atoms with Gasteiger partial charge in [-0.25, -0.2) is 0 Å². The minimum Gasteiger partial charge on any atom is -0.497 e. The van der Waals surface area contributed by atoms with E-state index in [0.717, 1.165) is 37.0 Å². The molecular formula is C16H26IN3O3. The maximum atomic E-state index is 5.90. The van der Waals surface area contributed by atoms with Crippen molar-refractivity contribution in [2.45, 2.75) is 19.3 Å². The number of nitrogens with zero attached hydrogens (tertiary/aromatic N) is 1. The topological polar surface area (TPSA) is 78.1 Å². The van der Waals surface area contributed by atoms with Crippen molar-refractivity contribution in [3.8, 4) is 11.5 Å². The first-order chi connectivity index (χ1) is 10.7. The van der Waals surface area contributed by atoms with Gasteiger partial charge < -0.3 is 25.3 Å². The van der Waals surface area contributed by atoms with Crippen LogP contribution in [0.4, 0.5) is 5.69 Å². The molecule has 0 bridgehead atoms. The minimum absolute atomic E-state index is 0. The zero-order valence-corrected chi connectivity index (χ0v) is 16.0. The van der Waals surface area contributed by atoms with Crippen molar-refractivity contribution < 1.29 is 14.2 Å². The van der Waals surface area contributed by atoms with E-state index >= 15 is 0 Å². The number of anilines is 1. The van der Waals surface area contributed by atoms with E-state index in [9.17, 15) is 0 Å². The number of benzene rings is 1. The van der Waals surface area contributed by atoms with E-state index in [1.165, 1.54) is 12.8 Å². The van der Waals surface area contributed by atoms with Crippen molar-refractivity contribution in [1.29, 1.82) is 0 Å². The molecular weight excluding hydrogens is 409 g/mol. The number of hydrogen-bond donors (Lipinski definition) is 2. The molecule has 0 saturated heterocycles. The summed E-state index contributed by atoms with van der Waals surface area (Å²) < 4.78 is 16.0. The summed E-state index contributed by atoms with van der Waals surface area (Å²) in [5, 5.41) is 3.04. The normalized spacial score (nSPS) is 14.1. The van der Waals surface area contributed by atoms with Gasteiger partial charge in [0.25, 0.3) is 0 Å². The van der Waals surface area contributed by atoms with Crippen LogP contribution in [0.15, 0.2) is 23.2 Å². The van der Waals surface area contributed by atoms with E-state index in [1.807, 2.05) is 18.2 Å². The first-order valence-electron chi connectivity index (χ1n) is 7.59. The van der Waals surface area contributed by atoms with Crippen molar-refractivity contribution in [3.63, 3.8) is 0 Å². The Labute approximate surface area is 154 Å². The number of nitrogens with one attached hydrogen (secondary N) is 1. The third kappa shape index (κ3) is 7.26. The van der Waals surface area contributed by atoms with Crippen molar-refractivity contribution in [1.82, 2.24) is 0 Å². The first kappa shape index (κ1) is 19.8. The predicted octanol–water partition coefficient (Wildman–Crippen LogP) is 2.87. The second-order valence-corrected chi connectivity index (χ2v) is 5.33. The molecule has 0 unspecified atom stereocenters. The van der Waals surface area contributed by atoms with E-state index < -0.39 is 0 Å². The quantitative estimate of drug-likeness (QED) is 0.270. The molecule has 0 aromatic heterocycles. The Bertz CT molecular complexity index is 507. The lowest BCUT2D eigenvalue weighted by Gasteiger charge is -2.12. The summed E-state index contributed by atoms with van der Waals surface area (Å²) >= 11 is 0. The summed E-state index contributed by atoms with van der Waals surface area (Å²) in [6, 6.07) is 5.47. The maximum Gasteiger partial charge on any atom is 0.193 e. The number of guanidine groups is 1. The fourth-order valence-corrected chi connectivity index (χ4v) is 1.99. The molecule has 6 nitrogen and oxygen atoms in total. The third-order valence-electron chi connectivity index (χ3n) is 3.45. The molecule has 1 aromatic carbocycles. The molecule has 2 rings (SSSR count). The lowest BCUT2D eigenvalue weighted by Crippen LogP contribution is -2.23. The van der Waals surface area contributed by atoms with Crippen LogP contribution in [0.5, 0.6) is 11.5 Å². The smallest absolute Gasteiger partial charge is 0.193 e. The summed E-state index contributed by atoms with van der Waals surface area (Å²) in [6.45, 7) is 2.25. The van der Waals surface area contributed by atoms with Gasteiger partial charge in [-0.2, -0.15) is 0 Å². The number of rotatable bonds is 9. The lowest BCUT2D eigenvalue weighted by molar-refractivity contribution is 0.123. The molecule has 1 fully saturated rings. The zero-order chi connectivity index (χ0) is 15.8. The Hall–Kier alpha value is -1.22. The van der Waals surface area contributed by atoms with Gasteiger partial charge in [0, 0.05) is 25.8 Å². The average Bonchev–Trinajstić information content (AvgIpc) is 3.34. The van der Waals surface area contributed by atoms with Crippen LogP contribution in [0, 0.1) is 5.92 Å². The van der Waals surface area contributed by atoms with Gasteiger partial charge in [0.1, 0.15) is 11.5 Å². The van der Waals surface area contributed by atoms with Crippen LogP contribution < -0.4 is 20.5 Å². The molecule has 0 heterocycles. The molecule has 130 valence electrons. The lowest BCUT2D eigenvalue weighted by atomic mass is 10.2. The molecule has 1 aliphatic rings. The molecule has 1 saturated carbocycles. The van der Waals surface area contributed by atoms with E-state index in [2.05, 4.69) is 10.3 Å². The van der Waals surface area contributed by atoms with Crippen LogP contribution in [0.2, 0.25) is 0 Å². The van der Waals surface area contributed by atoms with Crippen molar-refractivity contribution in [2.24, 2.45) is 16.6 Å². The second kappa shape index (κ2) is 10.5. The summed E-state index contributed by atoms with van der Waals surface area (Å²) in [6.07, 6.45) is 3.50. The fraction of sp³-hybridized carbons (Fsp3) is 0.562. The van der Waals surface area contributed by atoms with Gasteiger partial charge in [-0.1, -0.05) is 0 Å². The summed E-state index contributed by atoms with van der Waals surface area (Å²) in [4.78, 5) is 4.29. The van der Waals surface area contributed by atoms with Crippen LogP contribution in [0.25, 0.3) is 0 Å². The SMILES string of the molecule is COc1ccc(OC)c(NC(N)=NCCCOCC2CC2)c1.I.